The van der Waals surface area contributed by atoms with Crippen LogP contribution in [0.4, 0.5) is 5.69 Å². The van der Waals surface area contributed by atoms with E-state index in [9.17, 15) is 4.79 Å². The summed E-state index contributed by atoms with van der Waals surface area (Å²) in [5.41, 5.74) is 2.19. The van der Waals surface area contributed by atoms with Crippen molar-refractivity contribution in [3.8, 4) is 0 Å². The van der Waals surface area contributed by atoms with E-state index in [0.29, 0.717) is 0 Å². The minimum atomic E-state index is 0.0786. The normalized spacial score (nSPS) is 20.7. The van der Waals surface area contributed by atoms with Gasteiger partial charge in [-0.2, -0.15) is 0 Å². The summed E-state index contributed by atoms with van der Waals surface area (Å²) in [5.74, 6) is 0.200. The summed E-state index contributed by atoms with van der Waals surface area (Å²) in [6.45, 7) is 0. The zero-order valence-electron chi connectivity index (χ0n) is 7.09. The third kappa shape index (κ3) is 1.61. The average molecular weight is 240 g/mol. The zero-order chi connectivity index (χ0) is 9.26. The van der Waals surface area contributed by atoms with E-state index in [-0.39, 0.29) is 11.8 Å². The number of rotatable bonds is 1. The fourth-order valence-corrected chi connectivity index (χ4v) is 2.06. The molecule has 0 aromatic heterocycles. The summed E-state index contributed by atoms with van der Waals surface area (Å²) < 4.78 is 0. The smallest absolute Gasteiger partial charge is 0.228 e. The number of amides is 1. The zero-order valence-corrected chi connectivity index (χ0v) is 8.67. The SMILES string of the molecule is O=C1Nc2ccccc2CC1CBr. The first-order valence-electron chi connectivity index (χ1n) is 4.26. The molecule has 13 heavy (non-hydrogen) atoms. The van der Waals surface area contributed by atoms with Crippen molar-refractivity contribution >= 4 is 27.5 Å². The second kappa shape index (κ2) is 3.50. The number of hydrogen-bond acceptors (Lipinski definition) is 1. The summed E-state index contributed by atoms with van der Waals surface area (Å²) in [6, 6.07) is 7.94. The van der Waals surface area contributed by atoms with Crippen LogP contribution in [0.5, 0.6) is 0 Å². The van der Waals surface area contributed by atoms with Crippen LogP contribution < -0.4 is 5.32 Å². The van der Waals surface area contributed by atoms with Gasteiger partial charge in [0.2, 0.25) is 5.91 Å². The number of carbonyl (C=O) groups is 1. The van der Waals surface area contributed by atoms with Gasteiger partial charge in [0.15, 0.2) is 0 Å². The highest BCUT2D eigenvalue weighted by molar-refractivity contribution is 9.09. The largest absolute Gasteiger partial charge is 0.326 e. The van der Waals surface area contributed by atoms with E-state index in [4.69, 9.17) is 0 Å². The number of nitrogens with one attached hydrogen (secondary N) is 1. The monoisotopic (exact) mass is 239 g/mol. The van der Waals surface area contributed by atoms with Gasteiger partial charge in [-0.3, -0.25) is 4.79 Å². The highest BCUT2D eigenvalue weighted by Gasteiger charge is 2.24. The summed E-state index contributed by atoms with van der Waals surface area (Å²) in [6.07, 6.45) is 0.841. The van der Waals surface area contributed by atoms with Gasteiger partial charge in [-0.25, -0.2) is 0 Å². The molecule has 3 heteroatoms. The fourth-order valence-electron chi connectivity index (χ4n) is 1.54. The first-order chi connectivity index (χ1) is 6.31. The van der Waals surface area contributed by atoms with E-state index >= 15 is 0 Å². The number of halogens is 1. The Hall–Kier alpha value is -0.830. The molecule has 2 rings (SSSR count). The van der Waals surface area contributed by atoms with Gasteiger partial charge in [-0.15, -0.1) is 0 Å². The number of fused-ring (bicyclic) bond motifs is 1. The van der Waals surface area contributed by atoms with E-state index in [2.05, 4.69) is 27.3 Å². The minimum absolute atomic E-state index is 0.0786. The van der Waals surface area contributed by atoms with Crippen molar-refractivity contribution in [3.05, 3.63) is 29.8 Å². The molecule has 1 aromatic carbocycles. The molecule has 68 valence electrons. The van der Waals surface area contributed by atoms with E-state index in [1.165, 1.54) is 5.56 Å². The Labute approximate surface area is 85.5 Å². The topological polar surface area (TPSA) is 29.1 Å². The number of anilines is 1. The van der Waals surface area contributed by atoms with Gasteiger partial charge >= 0.3 is 0 Å². The lowest BCUT2D eigenvalue weighted by molar-refractivity contribution is -0.119. The first-order valence-corrected chi connectivity index (χ1v) is 5.38. The Balaban J connectivity index is 2.33. The van der Waals surface area contributed by atoms with Crippen molar-refractivity contribution in [1.82, 2.24) is 0 Å². The molecular formula is C10H10BrNO. The molecule has 0 saturated heterocycles. The number of benzene rings is 1. The molecule has 1 amide bonds. The van der Waals surface area contributed by atoms with Crippen LogP contribution in [0, 0.1) is 5.92 Å². The highest BCUT2D eigenvalue weighted by atomic mass is 79.9. The second-order valence-corrected chi connectivity index (χ2v) is 3.85. The Morgan fingerprint density at radius 1 is 1.46 bits per heavy atom. The molecule has 1 heterocycles. The molecule has 1 aromatic rings. The van der Waals surface area contributed by atoms with Gasteiger partial charge in [0.25, 0.3) is 0 Å². The molecular weight excluding hydrogens is 230 g/mol. The van der Waals surface area contributed by atoms with Crippen LogP contribution in [0.2, 0.25) is 0 Å². The molecule has 1 aliphatic rings. The second-order valence-electron chi connectivity index (χ2n) is 3.20. The van der Waals surface area contributed by atoms with Crippen molar-refractivity contribution in [1.29, 1.82) is 0 Å². The maximum atomic E-state index is 11.4. The standard InChI is InChI=1S/C10H10BrNO/c11-6-8-5-7-3-1-2-4-9(7)12-10(8)13/h1-4,8H,5-6H2,(H,12,13). The molecule has 1 unspecified atom stereocenters. The lowest BCUT2D eigenvalue weighted by atomic mass is 9.95. The lowest BCUT2D eigenvalue weighted by Crippen LogP contribution is -2.30. The summed E-state index contributed by atoms with van der Waals surface area (Å²) in [7, 11) is 0. The molecule has 0 radical (unpaired) electrons. The quantitative estimate of drug-likeness (QED) is 0.749. The summed E-state index contributed by atoms with van der Waals surface area (Å²) >= 11 is 3.34. The molecule has 2 nitrogen and oxygen atoms in total. The van der Waals surface area contributed by atoms with Crippen LogP contribution in [0.25, 0.3) is 0 Å². The number of para-hydroxylation sites is 1. The fraction of sp³-hybridized carbons (Fsp3) is 0.300. The Morgan fingerprint density at radius 2 is 2.23 bits per heavy atom. The van der Waals surface area contributed by atoms with Crippen LogP contribution in [-0.2, 0) is 11.2 Å². The summed E-state index contributed by atoms with van der Waals surface area (Å²) in [4.78, 5) is 11.4. The van der Waals surface area contributed by atoms with Gasteiger partial charge in [0.1, 0.15) is 0 Å². The van der Waals surface area contributed by atoms with Crippen LogP contribution in [0.3, 0.4) is 0 Å². The molecule has 1 aliphatic heterocycles. The van der Waals surface area contributed by atoms with Crippen molar-refractivity contribution in [2.75, 3.05) is 10.6 Å². The third-order valence-electron chi connectivity index (χ3n) is 2.30. The predicted octanol–water partition coefficient (Wildman–Crippen LogP) is 2.19. The molecule has 0 saturated carbocycles. The van der Waals surface area contributed by atoms with Gasteiger partial charge in [-0.05, 0) is 18.1 Å². The van der Waals surface area contributed by atoms with E-state index in [0.717, 1.165) is 17.4 Å². The highest BCUT2D eigenvalue weighted by Crippen LogP contribution is 2.25. The molecule has 0 spiro atoms. The molecule has 0 bridgehead atoms. The molecule has 0 fully saturated rings. The third-order valence-corrected chi connectivity index (χ3v) is 3.08. The van der Waals surface area contributed by atoms with Crippen molar-refractivity contribution in [2.45, 2.75) is 6.42 Å². The summed E-state index contributed by atoms with van der Waals surface area (Å²) in [5, 5.41) is 3.62. The Morgan fingerprint density at radius 3 is 3.00 bits per heavy atom. The maximum absolute atomic E-state index is 11.4. The average Bonchev–Trinajstić information content (AvgIpc) is 2.17. The van der Waals surface area contributed by atoms with Gasteiger partial charge in [0.05, 0.1) is 5.92 Å². The lowest BCUT2D eigenvalue weighted by Gasteiger charge is -2.22. The van der Waals surface area contributed by atoms with Crippen LogP contribution in [-0.4, -0.2) is 11.2 Å². The van der Waals surface area contributed by atoms with Crippen molar-refractivity contribution < 1.29 is 4.79 Å². The van der Waals surface area contributed by atoms with Crippen molar-refractivity contribution in [3.63, 3.8) is 0 Å². The van der Waals surface area contributed by atoms with Gasteiger partial charge in [-0.1, -0.05) is 34.1 Å². The molecule has 0 aliphatic carbocycles. The van der Waals surface area contributed by atoms with E-state index in [1.807, 2.05) is 18.2 Å². The number of alkyl halides is 1. The van der Waals surface area contributed by atoms with Crippen molar-refractivity contribution in [2.24, 2.45) is 5.92 Å². The maximum Gasteiger partial charge on any atom is 0.228 e. The van der Waals surface area contributed by atoms with E-state index in [1.54, 1.807) is 0 Å². The van der Waals surface area contributed by atoms with Gasteiger partial charge < -0.3 is 5.32 Å². The predicted molar refractivity (Wildman–Crippen MR) is 56.1 cm³/mol. The number of carbonyl (C=O) groups excluding carboxylic acids is 1. The van der Waals surface area contributed by atoms with Crippen LogP contribution in [0.1, 0.15) is 5.56 Å². The Kier molecular flexibility index (Phi) is 2.36. The van der Waals surface area contributed by atoms with Crippen LogP contribution in [0.15, 0.2) is 24.3 Å². The van der Waals surface area contributed by atoms with E-state index < -0.39 is 0 Å². The minimum Gasteiger partial charge on any atom is -0.326 e. The first kappa shape index (κ1) is 8.75. The Bertz CT molecular complexity index is 337. The van der Waals surface area contributed by atoms with Crippen LogP contribution >= 0.6 is 15.9 Å². The molecule has 1 N–H and O–H groups in total. The van der Waals surface area contributed by atoms with Gasteiger partial charge in [0, 0.05) is 11.0 Å². The number of hydrogen-bond donors (Lipinski definition) is 1. The molecule has 1 atom stereocenters.